The largest absolute Gasteiger partial charge is 0.359 e. The van der Waals surface area contributed by atoms with Gasteiger partial charge in [0, 0.05) is 55.1 Å². The van der Waals surface area contributed by atoms with Gasteiger partial charge in [-0.05, 0) is 75.8 Å². The Hall–Kier alpha value is -2.86. The zero-order valence-corrected chi connectivity index (χ0v) is 20.7. The Morgan fingerprint density at radius 1 is 1.00 bits per heavy atom. The van der Waals surface area contributed by atoms with Crippen LogP contribution in [0, 0.1) is 0 Å². The first-order valence-corrected chi connectivity index (χ1v) is 12.0. The molecule has 0 bridgehead atoms. The van der Waals surface area contributed by atoms with Gasteiger partial charge in [-0.2, -0.15) is 5.10 Å². The zero-order valence-electron chi connectivity index (χ0n) is 20.7. The van der Waals surface area contributed by atoms with Crippen LogP contribution in [0.1, 0.15) is 46.1 Å². The number of aromatic amines is 1. The quantitative estimate of drug-likeness (QED) is 0.603. The minimum absolute atomic E-state index is 0.106. The van der Waals surface area contributed by atoms with Gasteiger partial charge in [0.05, 0.1) is 6.20 Å². The van der Waals surface area contributed by atoms with Crippen LogP contribution in [-0.4, -0.2) is 52.9 Å². The molecule has 2 N–H and O–H groups in total. The van der Waals surface area contributed by atoms with Gasteiger partial charge in [0.15, 0.2) is 0 Å². The predicted octanol–water partition coefficient (Wildman–Crippen LogP) is 4.88. The first-order valence-electron chi connectivity index (χ1n) is 12.0. The molecule has 1 saturated heterocycles. The van der Waals surface area contributed by atoms with Gasteiger partial charge in [0.1, 0.15) is 11.6 Å². The highest BCUT2D eigenvalue weighted by Gasteiger charge is 2.39. The maximum absolute atomic E-state index is 5.21. The number of nitrogens with zero attached hydrogens (tertiary/aromatic N) is 4. The normalized spacial score (nSPS) is 19.5. The molecule has 33 heavy (non-hydrogen) atoms. The first-order chi connectivity index (χ1) is 15.6. The number of aromatic nitrogens is 3. The number of likely N-dealkylation sites (N-methyl/N-ethyl adjacent to an activating group) is 1. The summed E-state index contributed by atoms with van der Waals surface area (Å²) in [5, 5.41) is 10.8. The molecule has 2 aliphatic rings. The van der Waals surface area contributed by atoms with E-state index < -0.39 is 0 Å². The minimum atomic E-state index is 0.106. The van der Waals surface area contributed by atoms with Crippen LogP contribution in [0.3, 0.4) is 0 Å². The van der Waals surface area contributed by atoms with Crippen molar-refractivity contribution in [2.24, 2.45) is 0 Å². The Labute approximate surface area is 197 Å². The van der Waals surface area contributed by atoms with Crippen molar-refractivity contribution >= 4 is 11.6 Å². The van der Waals surface area contributed by atoms with E-state index >= 15 is 0 Å². The number of benzene rings is 1. The summed E-state index contributed by atoms with van der Waals surface area (Å²) in [6.45, 7) is 10.2. The van der Waals surface area contributed by atoms with Crippen molar-refractivity contribution in [2.45, 2.75) is 64.1 Å². The van der Waals surface area contributed by atoms with E-state index in [0.717, 1.165) is 43.0 Å². The molecule has 5 rings (SSSR count). The van der Waals surface area contributed by atoms with Gasteiger partial charge in [0.2, 0.25) is 0 Å². The third-order valence-corrected chi connectivity index (χ3v) is 7.24. The molecule has 4 heterocycles. The molecular formula is C27H36N6. The Balaban J connectivity index is 1.49. The maximum Gasteiger partial charge on any atom is 0.138 e. The number of rotatable bonds is 3. The Morgan fingerprint density at radius 2 is 1.73 bits per heavy atom. The molecule has 0 spiro atoms. The highest BCUT2D eigenvalue weighted by atomic mass is 15.3. The first kappa shape index (κ1) is 22.0. The third-order valence-electron chi connectivity index (χ3n) is 7.24. The molecule has 1 aromatic carbocycles. The van der Waals surface area contributed by atoms with Crippen LogP contribution in [0.2, 0.25) is 0 Å². The lowest BCUT2D eigenvalue weighted by atomic mass is 9.79. The topological polar surface area (TPSA) is 60.1 Å². The molecule has 6 heteroatoms. The number of piperidine rings is 1. The second kappa shape index (κ2) is 7.87. The monoisotopic (exact) mass is 444 g/mol. The summed E-state index contributed by atoms with van der Waals surface area (Å²) in [5.74, 6) is 2.12. The number of hydrogen-bond donors (Lipinski definition) is 2. The Kier molecular flexibility index (Phi) is 5.24. The van der Waals surface area contributed by atoms with Crippen molar-refractivity contribution in [3.63, 3.8) is 0 Å². The third kappa shape index (κ3) is 4.24. The number of fused-ring (bicyclic) bond motifs is 3. The molecule has 6 nitrogen and oxygen atoms in total. The van der Waals surface area contributed by atoms with Crippen molar-refractivity contribution in [1.29, 1.82) is 0 Å². The molecule has 0 saturated carbocycles. The van der Waals surface area contributed by atoms with Crippen LogP contribution in [0.5, 0.6) is 0 Å². The van der Waals surface area contributed by atoms with E-state index in [4.69, 9.17) is 4.98 Å². The lowest BCUT2D eigenvalue weighted by Crippen LogP contribution is -2.62. The van der Waals surface area contributed by atoms with E-state index in [0.29, 0.717) is 6.04 Å². The van der Waals surface area contributed by atoms with E-state index in [2.05, 4.69) is 97.4 Å². The van der Waals surface area contributed by atoms with Gasteiger partial charge in [-0.1, -0.05) is 18.2 Å². The molecule has 0 amide bonds. The molecule has 2 aliphatic heterocycles. The van der Waals surface area contributed by atoms with E-state index in [-0.39, 0.29) is 11.1 Å². The lowest BCUT2D eigenvalue weighted by molar-refractivity contribution is 0.160. The van der Waals surface area contributed by atoms with Crippen molar-refractivity contribution in [3.8, 4) is 22.3 Å². The van der Waals surface area contributed by atoms with Gasteiger partial charge in [-0.15, -0.1) is 0 Å². The van der Waals surface area contributed by atoms with Crippen LogP contribution in [0.25, 0.3) is 22.3 Å². The van der Waals surface area contributed by atoms with E-state index in [9.17, 15) is 0 Å². The number of hydrogen-bond acceptors (Lipinski definition) is 5. The second-order valence-electron chi connectivity index (χ2n) is 11.1. The minimum Gasteiger partial charge on any atom is -0.359 e. The number of H-pyrrole nitrogens is 1. The molecule has 0 aliphatic carbocycles. The zero-order chi connectivity index (χ0) is 23.4. The second-order valence-corrected chi connectivity index (χ2v) is 11.1. The van der Waals surface area contributed by atoms with Crippen molar-refractivity contribution in [3.05, 3.63) is 48.3 Å². The van der Waals surface area contributed by atoms with Crippen molar-refractivity contribution in [2.75, 3.05) is 30.4 Å². The number of anilines is 2. The Morgan fingerprint density at radius 3 is 2.42 bits per heavy atom. The molecule has 174 valence electrons. The molecule has 1 fully saturated rings. The molecule has 0 radical (unpaired) electrons. The molecular weight excluding hydrogens is 408 g/mol. The van der Waals surface area contributed by atoms with Gasteiger partial charge in [0.25, 0.3) is 0 Å². The van der Waals surface area contributed by atoms with E-state index in [1.165, 1.54) is 22.3 Å². The standard InChI is InChI=1S/C27H36N6/c1-26(2)14-21(15-27(3,4)31-26)33(6)24-10-9-23-22-8-7-18(20-16-28-29-17-20)13-19(22)11-12-32(5)25(23)30-24/h7-10,13,16-17,21,31H,11-12,14-15H2,1-6H3,(H,28,29). The summed E-state index contributed by atoms with van der Waals surface area (Å²) in [4.78, 5) is 9.91. The lowest BCUT2D eigenvalue weighted by Gasteiger charge is -2.49. The highest BCUT2D eigenvalue weighted by Crippen LogP contribution is 2.39. The maximum atomic E-state index is 5.21. The van der Waals surface area contributed by atoms with Crippen molar-refractivity contribution in [1.82, 2.24) is 20.5 Å². The van der Waals surface area contributed by atoms with Crippen LogP contribution >= 0.6 is 0 Å². The summed E-state index contributed by atoms with van der Waals surface area (Å²) in [6.07, 6.45) is 7.02. The average molecular weight is 445 g/mol. The van der Waals surface area contributed by atoms with Crippen LogP contribution in [0.15, 0.2) is 42.7 Å². The molecule has 0 unspecified atom stereocenters. The summed E-state index contributed by atoms with van der Waals surface area (Å²) in [6, 6.07) is 11.7. The van der Waals surface area contributed by atoms with E-state index in [1.54, 1.807) is 0 Å². The number of nitrogens with one attached hydrogen (secondary N) is 2. The SMILES string of the molecule is CN1CCc2cc(-c3cn[nH]c3)ccc2-c2ccc(N(C)C3CC(C)(C)NC(C)(C)C3)nc21. The van der Waals surface area contributed by atoms with E-state index in [1.807, 2.05) is 12.4 Å². The molecule has 0 atom stereocenters. The van der Waals surface area contributed by atoms with Gasteiger partial charge in [-0.25, -0.2) is 4.98 Å². The summed E-state index contributed by atoms with van der Waals surface area (Å²) < 4.78 is 0. The summed E-state index contributed by atoms with van der Waals surface area (Å²) in [7, 11) is 4.37. The summed E-state index contributed by atoms with van der Waals surface area (Å²) in [5.41, 5.74) is 6.40. The van der Waals surface area contributed by atoms with Crippen LogP contribution in [-0.2, 0) is 6.42 Å². The highest BCUT2D eigenvalue weighted by molar-refractivity contribution is 5.82. The van der Waals surface area contributed by atoms with Crippen molar-refractivity contribution < 1.29 is 0 Å². The Bertz CT molecular complexity index is 1130. The van der Waals surface area contributed by atoms with Gasteiger partial charge < -0.3 is 15.1 Å². The van der Waals surface area contributed by atoms with Crippen LogP contribution in [0.4, 0.5) is 11.6 Å². The average Bonchev–Trinajstić information content (AvgIpc) is 3.25. The van der Waals surface area contributed by atoms with Crippen LogP contribution < -0.4 is 15.1 Å². The van der Waals surface area contributed by atoms with Gasteiger partial charge in [-0.3, -0.25) is 5.10 Å². The molecule has 2 aromatic heterocycles. The molecule has 3 aromatic rings. The van der Waals surface area contributed by atoms with Gasteiger partial charge >= 0.3 is 0 Å². The fourth-order valence-corrected chi connectivity index (χ4v) is 5.91. The predicted molar refractivity (Wildman–Crippen MR) is 137 cm³/mol. The smallest absolute Gasteiger partial charge is 0.138 e. The fraction of sp³-hybridized carbons (Fsp3) is 0.481. The summed E-state index contributed by atoms with van der Waals surface area (Å²) >= 11 is 0. The number of pyridine rings is 1. The fourth-order valence-electron chi connectivity index (χ4n) is 5.91.